The number of nitrogens with zero attached hydrogens (tertiary/aromatic N) is 2. The Bertz CT molecular complexity index is 1190. The molecule has 2 aliphatic heterocycles. The third kappa shape index (κ3) is 5.31. The quantitative estimate of drug-likeness (QED) is 0.502. The Balaban J connectivity index is 1.15. The summed E-state index contributed by atoms with van der Waals surface area (Å²) in [5.41, 5.74) is 3.48. The molecule has 190 valence electrons. The lowest BCUT2D eigenvalue weighted by atomic mass is 9.73. The number of aromatic nitrogens is 1. The third-order valence-electron chi connectivity index (χ3n) is 8.73. The zero-order valence-corrected chi connectivity index (χ0v) is 21.4. The SMILES string of the molecule is O=C(c1ccc2cc[nH]c2c1)N1CCC2(CCCCc3ccccc3OCCN(CC3CC3)C2)CC1. The number of fused-ring (bicyclic) bond motifs is 2. The molecule has 3 aliphatic rings. The molecule has 0 atom stereocenters. The van der Waals surface area contributed by atoms with Gasteiger partial charge in [0, 0.05) is 50.0 Å². The van der Waals surface area contributed by atoms with E-state index in [0.29, 0.717) is 5.41 Å². The number of amides is 1. The first-order valence-corrected chi connectivity index (χ1v) is 14.0. The molecule has 2 aromatic carbocycles. The van der Waals surface area contributed by atoms with E-state index < -0.39 is 0 Å². The Morgan fingerprint density at radius 1 is 1.00 bits per heavy atom. The van der Waals surface area contributed by atoms with Crippen LogP contribution in [0.1, 0.15) is 60.9 Å². The molecule has 0 bridgehead atoms. The molecular weight excluding hydrogens is 446 g/mol. The van der Waals surface area contributed by atoms with Gasteiger partial charge in [-0.05, 0) is 91.5 Å². The molecule has 1 saturated carbocycles. The number of likely N-dealkylation sites (tertiary alicyclic amines) is 1. The third-order valence-corrected chi connectivity index (χ3v) is 8.73. The summed E-state index contributed by atoms with van der Waals surface area (Å²) in [6, 6.07) is 16.7. The minimum atomic E-state index is 0.175. The van der Waals surface area contributed by atoms with Crippen molar-refractivity contribution in [1.82, 2.24) is 14.8 Å². The Labute approximate surface area is 214 Å². The maximum Gasteiger partial charge on any atom is 0.253 e. The van der Waals surface area contributed by atoms with E-state index in [0.717, 1.165) is 80.2 Å². The number of piperidine rings is 1. The molecule has 5 nitrogen and oxygen atoms in total. The van der Waals surface area contributed by atoms with Gasteiger partial charge in [-0.2, -0.15) is 0 Å². The van der Waals surface area contributed by atoms with Gasteiger partial charge in [0.15, 0.2) is 0 Å². The molecule has 1 aromatic heterocycles. The van der Waals surface area contributed by atoms with Crippen LogP contribution in [0.3, 0.4) is 0 Å². The number of hydrogen-bond acceptors (Lipinski definition) is 3. The van der Waals surface area contributed by atoms with Crippen molar-refractivity contribution in [2.75, 3.05) is 39.3 Å². The number of rotatable bonds is 3. The van der Waals surface area contributed by atoms with Crippen LogP contribution in [0, 0.1) is 11.3 Å². The molecule has 6 rings (SSSR count). The predicted molar refractivity (Wildman–Crippen MR) is 145 cm³/mol. The number of aromatic amines is 1. The Morgan fingerprint density at radius 3 is 2.72 bits per heavy atom. The van der Waals surface area contributed by atoms with E-state index in [-0.39, 0.29) is 5.91 Å². The fourth-order valence-corrected chi connectivity index (χ4v) is 6.36. The summed E-state index contributed by atoms with van der Waals surface area (Å²) in [6.07, 6.45) is 11.7. The second kappa shape index (κ2) is 10.3. The van der Waals surface area contributed by atoms with Crippen LogP contribution < -0.4 is 4.74 Å². The summed E-state index contributed by atoms with van der Waals surface area (Å²) in [7, 11) is 0. The summed E-state index contributed by atoms with van der Waals surface area (Å²) in [5.74, 6) is 2.12. The van der Waals surface area contributed by atoms with E-state index in [1.807, 2.05) is 24.4 Å². The zero-order chi connectivity index (χ0) is 24.4. The standard InChI is InChI=1S/C31H39N3O2/c35-30(27-11-10-25-12-16-32-28(25)21-27)34-17-14-31(15-18-34)13-4-3-6-26-5-1-2-7-29(26)36-20-19-33(23-31)22-24-8-9-24/h1-2,5,7,10-12,16,21,24,32H,3-4,6,8-9,13-15,17-20,22-23H2. The summed E-state index contributed by atoms with van der Waals surface area (Å²) >= 11 is 0. The highest BCUT2D eigenvalue weighted by atomic mass is 16.5. The first kappa shape index (κ1) is 23.6. The minimum Gasteiger partial charge on any atom is -0.492 e. The molecule has 3 heterocycles. The molecule has 5 heteroatoms. The molecule has 1 aliphatic carbocycles. The summed E-state index contributed by atoms with van der Waals surface area (Å²) < 4.78 is 6.29. The van der Waals surface area contributed by atoms with E-state index >= 15 is 0 Å². The van der Waals surface area contributed by atoms with Crippen molar-refractivity contribution in [2.45, 2.75) is 51.4 Å². The average Bonchev–Trinajstić information content (AvgIpc) is 3.59. The van der Waals surface area contributed by atoms with Gasteiger partial charge in [-0.15, -0.1) is 0 Å². The Hall–Kier alpha value is -2.79. The van der Waals surface area contributed by atoms with Crippen molar-refractivity contribution < 1.29 is 9.53 Å². The van der Waals surface area contributed by atoms with Crippen LogP contribution in [0.15, 0.2) is 54.7 Å². The van der Waals surface area contributed by atoms with Gasteiger partial charge in [-0.1, -0.05) is 30.7 Å². The van der Waals surface area contributed by atoms with Crippen molar-refractivity contribution in [1.29, 1.82) is 0 Å². The molecule has 3 aromatic rings. The fourth-order valence-electron chi connectivity index (χ4n) is 6.36. The van der Waals surface area contributed by atoms with E-state index in [1.165, 1.54) is 44.2 Å². The number of ether oxygens (including phenoxy) is 1. The van der Waals surface area contributed by atoms with Crippen molar-refractivity contribution in [3.63, 3.8) is 0 Å². The van der Waals surface area contributed by atoms with Crippen LogP contribution in [0.4, 0.5) is 0 Å². The smallest absolute Gasteiger partial charge is 0.253 e. The van der Waals surface area contributed by atoms with Crippen molar-refractivity contribution in [2.24, 2.45) is 11.3 Å². The molecule has 0 radical (unpaired) electrons. The van der Waals surface area contributed by atoms with Crippen LogP contribution in [-0.2, 0) is 6.42 Å². The molecular formula is C31H39N3O2. The Morgan fingerprint density at radius 2 is 1.86 bits per heavy atom. The molecule has 1 N–H and O–H groups in total. The summed E-state index contributed by atoms with van der Waals surface area (Å²) in [6.45, 7) is 5.81. The first-order chi connectivity index (χ1) is 17.7. The molecule has 1 saturated heterocycles. The Kier molecular flexibility index (Phi) is 6.75. The van der Waals surface area contributed by atoms with E-state index in [4.69, 9.17) is 4.74 Å². The van der Waals surface area contributed by atoms with Gasteiger partial charge in [-0.25, -0.2) is 0 Å². The maximum absolute atomic E-state index is 13.4. The van der Waals surface area contributed by atoms with Gasteiger partial charge in [0.05, 0.1) is 0 Å². The summed E-state index contributed by atoms with van der Waals surface area (Å²) in [4.78, 5) is 21.4. The lowest BCUT2D eigenvalue weighted by Gasteiger charge is -2.45. The normalized spacial score (nSPS) is 21.4. The van der Waals surface area contributed by atoms with Crippen LogP contribution in [0.5, 0.6) is 5.75 Å². The number of para-hydroxylation sites is 1. The first-order valence-electron chi connectivity index (χ1n) is 14.0. The number of aryl methyl sites for hydroxylation is 1. The van der Waals surface area contributed by atoms with Gasteiger partial charge in [0.2, 0.25) is 0 Å². The van der Waals surface area contributed by atoms with Gasteiger partial charge in [0.1, 0.15) is 12.4 Å². The zero-order valence-electron chi connectivity index (χ0n) is 21.4. The molecule has 36 heavy (non-hydrogen) atoms. The van der Waals surface area contributed by atoms with Crippen molar-refractivity contribution >= 4 is 16.8 Å². The van der Waals surface area contributed by atoms with Crippen LogP contribution >= 0.6 is 0 Å². The van der Waals surface area contributed by atoms with Crippen LogP contribution in [0.2, 0.25) is 0 Å². The lowest BCUT2D eigenvalue weighted by Crippen LogP contribution is -2.49. The molecule has 1 spiro atoms. The van der Waals surface area contributed by atoms with Crippen molar-refractivity contribution in [3.05, 3.63) is 65.9 Å². The molecule has 0 unspecified atom stereocenters. The van der Waals surface area contributed by atoms with Gasteiger partial charge in [0.25, 0.3) is 5.91 Å². The number of carbonyl (C=O) groups excluding carboxylic acids is 1. The maximum atomic E-state index is 13.4. The van der Waals surface area contributed by atoms with Gasteiger partial charge >= 0.3 is 0 Å². The average molecular weight is 486 g/mol. The number of H-pyrrole nitrogens is 1. The number of benzene rings is 2. The van der Waals surface area contributed by atoms with Gasteiger partial charge < -0.3 is 14.6 Å². The molecule has 2 fully saturated rings. The molecule has 1 amide bonds. The monoisotopic (exact) mass is 485 g/mol. The highest BCUT2D eigenvalue weighted by Gasteiger charge is 2.38. The second-order valence-corrected chi connectivity index (χ2v) is 11.4. The van der Waals surface area contributed by atoms with Gasteiger partial charge in [-0.3, -0.25) is 9.69 Å². The topological polar surface area (TPSA) is 48.6 Å². The van der Waals surface area contributed by atoms with Crippen molar-refractivity contribution in [3.8, 4) is 5.75 Å². The number of hydrogen-bond donors (Lipinski definition) is 1. The minimum absolute atomic E-state index is 0.175. The highest BCUT2D eigenvalue weighted by Crippen LogP contribution is 2.40. The van der Waals surface area contributed by atoms with E-state index in [2.05, 4.69) is 45.1 Å². The highest BCUT2D eigenvalue weighted by molar-refractivity contribution is 5.98. The number of nitrogens with one attached hydrogen (secondary N) is 1. The largest absolute Gasteiger partial charge is 0.492 e. The van der Waals surface area contributed by atoms with E-state index in [1.54, 1.807) is 0 Å². The summed E-state index contributed by atoms with van der Waals surface area (Å²) in [5, 5.41) is 1.15. The van der Waals surface area contributed by atoms with Crippen LogP contribution in [0.25, 0.3) is 10.9 Å². The fraction of sp³-hybridized carbons (Fsp3) is 0.516. The van der Waals surface area contributed by atoms with Crippen LogP contribution in [-0.4, -0.2) is 60.0 Å². The number of carbonyl (C=O) groups is 1. The van der Waals surface area contributed by atoms with E-state index in [9.17, 15) is 4.79 Å². The predicted octanol–water partition coefficient (Wildman–Crippen LogP) is 5.91. The lowest BCUT2D eigenvalue weighted by molar-refractivity contribution is 0.0368. The second-order valence-electron chi connectivity index (χ2n) is 11.4.